The average molecular weight is 332 g/mol. The van der Waals surface area contributed by atoms with E-state index in [-0.39, 0.29) is 11.9 Å². The first-order valence-corrected chi connectivity index (χ1v) is 8.03. The Hall–Kier alpha value is -3.21. The number of rotatable bonds is 4. The fourth-order valence-corrected chi connectivity index (χ4v) is 2.61. The Kier molecular flexibility index (Phi) is 4.48. The first-order chi connectivity index (χ1) is 12.0. The highest BCUT2D eigenvalue weighted by molar-refractivity contribution is 5.95. The molecule has 5 heteroatoms. The molecule has 0 aliphatic rings. The minimum atomic E-state index is -0.460. The summed E-state index contributed by atoms with van der Waals surface area (Å²) in [6.45, 7) is 3.97. The Morgan fingerprint density at radius 2 is 1.68 bits per heavy atom. The highest BCUT2D eigenvalue weighted by Gasteiger charge is 2.23. The Morgan fingerprint density at radius 3 is 2.32 bits per heavy atom. The summed E-state index contributed by atoms with van der Waals surface area (Å²) in [5.74, 6) is 0.103. The van der Waals surface area contributed by atoms with E-state index in [2.05, 4.69) is 15.3 Å². The van der Waals surface area contributed by atoms with Crippen LogP contribution in [0.2, 0.25) is 0 Å². The predicted octanol–water partition coefficient (Wildman–Crippen LogP) is 3.39. The van der Waals surface area contributed by atoms with Gasteiger partial charge in [-0.15, -0.1) is 0 Å². The number of anilines is 1. The van der Waals surface area contributed by atoms with Gasteiger partial charge in [0, 0.05) is 17.3 Å². The van der Waals surface area contributed by atoms with Gasteiger partial charge in [0.1, 0.15) is 0 Å². The van der Waals surface area contributed by atoms with Crippen LogP contribution in [0.3, 0.4) is 0 Å². The Labute approximate surface area is 146 Å². The molecular weight excluding hydrogens is 312 g/mol. The van der Waals surface area contributed by atoms with Crippen molar-refractivity contribution in [3.8, 4) is 11.3 Å². The Morgan fingerprint density at radius 1 is 1.00 bits per heavy atom. The second kappa shape index (κ2) is 6.73. The molecule has 126 valence electrons. The van der Waals surface area contributed by atoms with Crippen molar-refractivity contribution in [2.75, 3.05) is 5.73 Å². The normalized spacial score (nSPS) is 11.1. The molecule has 1 aromatic heterocycles. The highest BCUT2D eigenvalue weighted by atomic mass is 16.1. The summed E-state index contributed by atoms with van der Waals surface area (Å²) in [6, 6.07) is 18.9. The van der Waals surface area contributed by atoms with Gasteiger partial charge in [0.25, 0.3) is 5.91 Å². The lowest BCUT2D eigenvalue weighted by Crippen LogP contribution is -2.40. The summed E-state index contributed by atoms with van der Waals surface area (Å²) < 4.78 is 0. The zero-order chi connectivity index (χ0) is 17.9. The van der Waals surface area contributed by atoms with Gasteiger partial charge in [0.2, 0.25) is 5.95 Å². The van der Waals surface area contributed by atoms with E-state index in [0.29, 0.717) is 5.56 Å². The van der Waals surface area contributed by atoms with Gasteiger partial charge < -0.3 is 11.1 Å². The van der Waals surface area contributed by atoms with Gasteiger partial charge >= 0.3 is 0 Å². The number of nitrogens with one attached hydrogen (secondary N) is 1. The van der Waals surface area contributed by atoms with Gasteiger partial charge in [0.15, 0.2) is 0 Å². The molecule has 3 N–H and O–H groups in total. The molecule has 0 radical (unpaired) electrons. The molecule has 0 aliphatic heterocycles. The number of nitrogens with zero attached hydrogens (tertiary/aromatic N) is 2. The molecule has 25 heavy (non-hydrogen) atoms. The van der Waals surface area contributed by atoms with Crippen molar-refractivity contribution in [1.82, 2.24) is 15.3 Å². The lowest BCUT2D eigenvalue weighted by atomic mass is 9.94. The summed E-state index contributed by atoms with van der Waals surface area (Å²) in [5.41, 5.74) is 8.41. The zero-order valence-electron chi connectivity index (χ0n) is 14.2. The van der Waals surface area contributed by atoms with E-state index in [1.165, 1.54) is 0 Å². The number of hydrogen-bond donors (Lipinski definition) is 2. The van der Waals surface area contributed by atoms with Crippen LogP contribution in [0.15, 0.2) is 66.9 Å². The number of nitrogen functional groups attached to an aromatic ring is 1. The maximum atomic E-state index is 12.6. The first kappa shape index (κ1) is 16.6. The van der Waals surface area contributed by atoms with E-state index in [1.54, 1.807) is 24.4 Å². The molecule has 0 saturated heterocycles. The van der Waals surface area contributed by atoms with E-state index in [9.17, 15) is 4.79 Å². The molecule has 1 heterocycles. The van der Waals surface area contributed by atoms with Crippen molar-refractivity contribution in [2.45, 2.75) is 19.4 Å². The van der Waals surface area contributed by atoms with Crippen LogP contribution in [-0.4, -0.2) is 15.9 Å². The molecule has 0 atom stereocenters. The van der Waals surface area contributed by atoms with Crippen molar-refractivity contribution in [2.24, 2.45) is 0 Å². The number of carbonyl (C=O) groups excluding carboxylic acids is 1. The SMILES string of the molecule is CC(C)(NC(=O)c1ccc(-c2ccnc(N)n2)cc1)c1ccccc1. The van der Waals surface area contributed by atoms with Gasteiger partial charge in [0.05, 0.1) is 11.2 Å². The van der Waals surface area contributed by atoms with Gasteiger partial charge in [-0.3, -0.25) is 4.79 Å². The van der Waals surface area contributed by atoms with Crippen LogP contribution < -0.4 is 11.1 Å². The quantitative estimate of drug-likeness (QED) is 0.767. The molecule has 3 aromatic rings. The van der Waals surface area contributed by atoms with Gasteiger partial charge in [-0.05, 0) is 37.6 Å². The van der Waals surface area contributed by atoms with Crippen LogP contribution in [0.4, 0.5) is 5.95 Å². The fraction of sp³-hybridized carbons (Fsp3) is 0.150. The van der Waals surface area contributed by atoms with Crippen molar-refractivity contribution in [3.05, 3.63) is 78.0 Å². The minimum absolute atomic E-state index is 0.123. The average Bonchev–Trinajstić information content (AvgIpc) is 2.62. The second-order valence-electron chi connectivity index (χ2n) is 6.32. The zero-order valence-corrected chi connectivity index (χ0v) is 14.2. The molecule has 5 nitrogen and oxygen atoms in total. The van der Waals surface area contributed by atoms with Crippen LogP contribution in [0.5, 0.6) is 0 Å². The van der Waals surface area contributed by atoms with E-state index < -0.39 is 5.54 Å². The van der Waals surface area contributed by atoms with Crippen LogP contribution >= 0.6 is 0 Å². The molecule has 0 saturated carbocycles. The number of benzene rings is 2. The monoisotopic (exact) mass is 332 g/mol. The number of nitrogens with two attached hydrogens (primary N) is 1. The second-order valence-corrected chi connectivity index (χ2v) is 6.32. The number of hydrogen-bond acceptors (Lipinski definition) is 4. The maximum Gasteiger partial charge on any atom is 0.251 e. The third-order valence-electron chi connectivity index (χ3n) is 4.04. The van der Waals surface area contributed by atoms with E-state index in [1.807, 2.05) is 56.3 Å². The smallest absolute Gasteiger partial charge is 0.251 e. The molecule has 0 fully saturated rings. The molecule has 2 aromatic carbocycles. The van der Waals surface area contributed by atoms with Crippen LogP contribution in [0.25, 0.3) is 11.3 Å². The van der Waals surface area contributed by atoms with Crippen LogP contribution in [-0.2, 0) is 5.54 Å². The fourth-order valence-electron chi connectivity index (χ4n) is 2.61. The van der Waals surface area contributed by atoms with Gasteiger partial charge in [-0.1, -0.05) is 42.5 Å². The molecule has 0 bridgehead atoms. The van der Waals surface area contributed by atoms with Crippen molar-refractivity contribution in [3.63, 3.8) is 0 Å². The molecule has 0 unspecified atom stereocenters. The highest BCUT2D eigenvalue weighted by Crippen LogP contribution is 2.21. The summed E-state index contributed by atoms with van der Waals surface area (Å²) in [7, 11) is 0. The largest absolute Gasteiger partial charge is 0.368 e. The first-order valence-electron chi connectivity index (χ1n) is 8.03. The minimum Gasteiger partial charge on any atom is -0.368 e. The summed E-state index contributed by atoms with van der Waals surface area (Å²) >= 11 is 0. The summed E-state index contributed by atoms with van der Waals surface area (Å²) in [6.07, 6.45) is 1.61. The van der Waals surface area contributed by atoms with E-state index in [4.69, 9.17) is 5.73 Å². The van der Waals surface area contributed by atoms with Gasteiger partial charge in [-0.2, -0.15) is 0 Å². The third kappa shape index (κ3) is 3.83. The topological polar surface area (TPSA) is 80.9 Å². The van der Waals surface area contributed by atoms with Crippen molar-refractivity contribution < 1.29 is 4.79 Å². The molecule has 0 aliphatic carbocycles. The molecule has 0 spiro atoms. The summed E-state index contributed by atoms with van der Waals surface area (Å²) in [4.78, 5) is 20.6. The number of amides is 1. The molecule has 3 rings (SSSR count). The van der Waals surface area contributed by atoms with E-state index in [0.717, 1.165) is 16.8 Å². The number of aromatic nitrogens is 2. The molecular formula is C20H20N4O. The third-order valence-corrected chi connectivity index (χ3v) is 4.04. The van der Waals surface area contributed by atoms with Crippen LogP contribution in [0.1, 0.15) is 29.8 Å². The Bertz CT molecular complexity index is 874. The van der Waals surface area contributed by atoms with Crippen LogP contribution in [0, 0.1) is 0 Å². The van der Waals surface area contributed by atoms with E-state index >= 15 is 0 Å². The predicted molar refractivity (Wildman–Crippen MR) is 98.8 cm³/mol. The Balaban J connectivity index is 1.77. The lowest BCUT2D eigenvalue weighted by molar-refractivity contribution is 0.0912. The lowest BCUT2D eigenvalue weighted by Gasteiger charge is -2.27. The molecule has 1 amide bonds. The number of carbonyl (C=O) groups is 1. The maximum absolute atomic E-state index is 12.6. The summed E-state index contributed by atoms with van der Waals surface area (Å²) in [5, 5.41) is 3.07. The van der Waals surface area contributed by atoms with Crippen molar-refractivity contribution >= 4 is 11.9 Å². The van der Waals surface area contributed by atoms with Gasteiger partial charge in [-0.25, -0.2) is 9.97 Å². The van der Waals surface area contributed by atoms with Crippen molar-refractivity contribution in [1.29, 1.82) is 0 Å². The standard InChI is InChI=1S/C20H20N4O/c1-20(2,16-6-4-3-5-7-16)24-18(25)15-10-8-14(9-11-15)17-12-13-22-19(21)23-17/h3-13H,1-2H3,(H,24,25)(H2,21,22,23).